The fourth-order valence-electron chi connectivity index (χ4n) is 1.79. The van der Waals surface area contributed by atoms with Crippen molar-refractivity contribution < 1.29 is 14.3 Å². The van der Waals surface area contributed by atoms with Gasteiger partial charge in [-0.25, -0.2) is 0 Å². The smallest absolute Gasteiger partial charge is 0.176 e. The van der Waals surface area contributed by atoms with Gasteiger partial charge >= 0.3 is 0 Å². The lowest BCUT2D eigenvalue weighted by Gasteiger charge is -2.12. The third kappa shape index (κ3) is 3.72. The first kappa shape index (κ1) is 14.8. The van der Waals surface area contributed by atoms with Crippen molar-refractivity contribution in [1.82, 2.24) is 0 Å². The molecular weight excluding hydrogens is 367 g/mol. The number of ketones is 1. The molecule has 3 nitrogen and oxygen atoms in total. The standard InChI is InChI=1S/C16H15IO3/c1-19-13-7-8-14(15(18)10-17)16(9-13)20-11-12-5-3-2-4-6-12/h2-9H,10-11H2,1H3. The number of methoxy groups -OCH3 is 1. The zero-order valence-corrected chi connectivity index (χ0v) is 13.3. The van der Waals surface area contributed by atoms with Crippen LogP contribution in [0.1, 0.15) is 15.9 Å². The second-order valence-electron chi connectivity index (χ2n) is 4.19. The number of carbonyl (C=O) groups is 1. The highest BCUT2D eigenvalue weighted by Gasteiger charge is 2.12. The Kier molecular flexibility index (Phi) is 5.40. The first-order chi connectivity index (χ1) is 9.74. The Morgan fingerprint density at radius 2 is 1.90 bits per heavy atom. The Hall–Kier alpha value is -1.56. The predicted octanol–water partition coefficient (Wildman–Crippen LogP) is 3.89. The normalized spacial score (nSPS) is 10.1. The lowest BCUT2D eigenvalue weighted by Crippen LogP contribution is -2.05. The maximum absolute atomic E-state index is 11.9. The van der Waals surface area contributed by atoms with Crippen LogP contribution in [-0.2, 0) is 6.61 Å². The zero-order chi connectivity index (χ0) is 14.4. The minimum Gasteiger partial charge on any atom is -0.497 e. The number of rotatable bonds is 6. The number of halogens is 1. The molecule has 0 amide bonds. The van der Waals surface area contributed by atoms with Crippen LogP contribution in [0.3, 0.4) is 0 Å². The van der Waals surface area contributed by atoms with Crippen molar-refractivity contribution in [2.24, 2.45) is 0 Å². The van der Waals surface area contributed by atoms with Crippen LogP contribution in [-0.4, -0.2) is 17.3 Å². The minimum absolute atomic E-state index is 0.0521. The highest BCUT2D eigenvalue weighted by Crippen LogP contribution is 2.26. The molecule has 2 aromatic rings. The van der Waals surface area contributed by atoms with Crippen molar-refractivity contribution in [2.45, 2.75) is 6.61 Å². The van der Waals surface area contributed by atoms with Gasteiger partial charge in [-0.2, -0.15) is 0 Å². The van der Waals surface area contributed by atoms with E-state index in [-0.39, 0.29) is 5.78 Å². The highest BCUT2D eigenvalue weighted by atomic mass is 127. The van der Waals surface area contributed by atoms with Crippen LogP contribution in [0.25, 0.3) is 0 Å². The van der Waals surface area contributed by atoms with Crippen molar-refractivity contribution in [3.05, 3.63) is 59.7 Å². The molecule has 0 saturated heterocycles. The van der Waals surface area contributed by atoms with E-state index in [0.717, 1.165) is 5.56 Å². The quantitative estimate of drug-likeness (QED) is 0.432. The second kappa shape index (κ2) is 7.28. The summed E-state index contributed by atoms with van der Waals surface area (Å²) in [6, 6.07) is 15.1. The number of hydrogen-bond acceptors (Lipinski definition) is 3. The van der Waals surface area contributed by atoms with Crippen molar-refractivity contribution in [3.8, 4) is 11.5 Å². The Bertz CT molecular complexity index is 582. The second-order valence-corrected chi connectivity index (χ2v) is 4.96. The van der Waals surface area contributed by atoms with Gasteiger partial charge in [0, 0.05) is 6.07 Å². The van der Waals surface area contributed by atoms with Crippen LogP contribution in [0.4, 0.5) is 0 Å². The summed E-state index contributed by atoms with van der Waals surface area (Å²) in [5.74, 6) is 1.30. The summed E-state index contributed by atoms with van der Waals surface area (Å²) in [5, 5.41) is 0. The van der Waals surface area contributed by atoms with Gasteiger partial charge in [0.05, 0.1) is 17.1 Å². The molecule has 2 aromatic carbocycles. The highest BCUT2D eigenvalue weighted by molar-refractivity contribution is 14.1. The monoisotopic (exact) mass is 382 g/mol. The zero-order valence-electron chi connectivity index (χ0n) is 11.1. The van der Waals surface area contributed by atoms with Crippen LogP contribution in [0.2, 0.25) is 0 Å². The Balaban J connectivity index is 2.21. The number of hydrogen-bond donors (Lipinski definition) is 0. The van der Waals surface area contributed by atoms with Gasteiger partial charge < -0.3 is 9.47 Å². The van der Waals surface area contributed by atoms with Gasteiger partial charge in [0.15, 0.2) is 5.78 Å². The Labute approximate surface area is 132 Å². The topological polar surface area (TPSA) is 35.5 Å². The lowest BCUT2D eigenvalue weighted by molar-refractivity contribution is 0.102. The van der Waals surface area contributed by atoms with Crippen molar-refractivity contribution in [3.63, 3.8) is 0 Å². The molecule has 0 bridgehead atoms. The van der Waals surface area contributed by atoms with E-state index in [1.54, 1.807) is 25.3 Å². The van der Waals surface area contributed by atoms with Gasteiger partial charge in [-0.1, -0.05) is 52.9 Å². The van der Waals surface area contributed by atoms with Crippen LogP contribution in [0, 0.1) is 0 Å². The molecule has 0 radical (unpaired) electrons. The van der Waals surface area contributed by atoms with Gasteiger partial charge in [-0.15, -0.1) is 0 Å². The van der Waals surface area contributed by atoms with Crippen LogP contribution >= 0.6 is 22.6 Å². The third-order valence-electron chi connectivity index (χ3n) is 2.85. The van der Waals surface area contributed by atoms with Crippen molar-refractivity contribution in [1.29, 1.82) is 0 Å². The van der Waals surface area contributed by atoms with E-state index < -0.39 is 0 Å². The van der Waals surface area contributed by atoms with E-state index >= 15 is 0 Å². The lowest BCUT2D eigenvalue weighted by atomic mass is 10.1. The molecule has 104 valence electrons. The average Bonchev–Trinajstić information content (AvgIpc) is 2.52. The summed E-state index contributed by atoms with van der Waals surface area (Å²) in [5.41, 5.74) is 1.65. The number of ether oxygens (including phenoxy) is 2. The van der Waals surface area contributed by atoms with Gasteiger partial charge in [0.2, 0.25) is 0 Å². The molecule has 4 heteroatoms. The first-order valence-electron chi connectivity index (χ1n) is 6.18. The number of Topliss-reactive ketones (excluding diaryl/α,β-unsaturated/α-hetero) is 1. The summed E-state index contributed by atoms with van der Waals surface area (Å²) in [4.78, 5) is 11.9. The SMILES string of the molecule is COc1ccc(C(=O)CI)c(OCc2ccccc2)c1. The summed E-state index contributed by atoms with van der Waals surface area (Å²) in [6.45, 7) is 0.426. The Morgan fingerprint density at radius 1 is 1.15 bits per heavy atom. The van der Waals surface area contributed by atoms with Crippen LogP contribution < -0.4 is 9.47 Å². The minimum atomic E-state index is 0.0521. The molecule has 2 rings (SSSR count). The van der Waals surface area contributed by atoms with Crippen LogP contribution in [0.15, 0.2) is 48.5 Å². The molecule has 0 heterocycles. The van der Waals surface area contributed by atoms with E-state index in [2.05, 4.69) is 22.6 Å². The summed E-state index contributed by atoms with van der Waals surface area (Å²) < 4.78 is 11.4. The summed E-state index contributed by atoms with van der Waals surface area (Å²) in [7, 11) is 1.59. The van der Waals surface area contributed by atoms with E-state index in [4.69, 9.17) is 9.47 Å². The van der Waals surface area contributed by atoms with E-state index in [9.17, 15) is 4.79 Å². The van der Waals surface area contributed by atoms with Crippen molar-refractivity contribution >= 4 is 28.4 Å². The maximum atomic E-state index is 11.9. The van der Waals surface area contributed by atoms with Gasteiger partial charge in [0.1, 0.15) is 18.1 Å². The average molecular weight is 382 g/mol. The van der Waals surface area contributed by atoms with Crippen LogP contribution in [0.5, 0.6) is 11.5 Å². The number of benzene rings is 2. The molecule has 0 saturated carbocycles. The fourth-order valence-corrected chi connectivity index (χ4v) is 2.20. The predicted molar refractivity (Wildman–Crippen MR) is 87.0 cm³/mol. The van der Waals surface area contributed by atoms with Gasteiger partial charge in [0.25, 0.3) is 0 Å². The van der Waals surface area contributed by atoms with E-state index in [0.29, 0.717) is 28.1 Å². The van der Waals surface area contributed by atoms with E-state index in [1.165, 1.54) is 0 Å². The van der Waals surface area contributed by atoms with Gasteiger partial charge in [-0.05, 0) is 17.7 Å². The maximum Gasteiger partial charge on any atom is 0.176 e. The molecule has 0 aliphatic carbocycles. The molecule has 0 atom stereocenters. The molecule has 0 aliphatic heterocycles. The summed E-state index contributed by atoms with van der Waals surface area (Å²) in [6.07, 6.45) is 0. The molecule has 0 spiro atoms. The molecule has 0 aliphatic rings. The molecule has 0 unspecified atom stereocenters. The molecule has 0 fully saturated rings. The van der Waals surface area contributed by atoms with Gasteiger partial charge in [-0.3, -0.25) is 4.79 Å². The molecule has 0 N–H and O–H groups in total. The number of alkyl halides is 1. The first-order valence-corrected chi connectivity index (χ1v) is 7.71. The Morgan fingerprint density at radius 3 is 2.55 bits per heavy atom. The molecule has 0 aromatic heterocycles. The summed E-state index contributed by atoms with van der Waals surface area (Å²) >= 11 is 2.06. The fraction of sp³-hybridized carbons (Fsp3) is 0.188. The molecular formula is C16H15IO3. The number of carbonyl (C=O) groups excluding carboxylic acids is 1. The van der Waals surface area contributed by atoms with E-state index in [1.807, 2.05) is 30.3 Å². The largest absolute Gasteiger partial charge is 0.497 e. The van der Waals surface area contributed by atoms with Crippen molar-refractivity contribution in [2.75, 3.05) is 11.5 Å². The third-order valence-corrected chi connectivity index (χ3v) is 3.54. The molecule has 20 heavy (non-hydrogen) atoms.